The molecule has 1 amide bonds. The number of hydrogen-bond donors (Lipinski definition) is 2. The highest BCUT2D eigenvalue weighted by Gasteiger charge is 2.08. The molecule has 0 fully saturated rings. The van der Waals surface area contributed by atoms with Gasteiger partial charge in [-0.2, -0.15) is 0 Å². The molecule has 0 saturated heterocycles. The van der Waals surface area contributed by atoms with E-state index in [1.807, 2.05) is 0 Å². The second-order valence-corrected chi connectivity index (χ2v) is 5.62. The fraction of sp³-hybridized carbons (Fsp3) is 0.611. The molecular weight excluding hydrogens is 276 g/mol. The highest BCUT2D eigenvalue weighted by atomic mass is 16.5. The topological polar surface area (TPSA) is 64.3 Å². The normalized spacial score (nSPS) is 10.5. The molecule has 1 rings (SSSR count). The molecule has 0 aliphatic carbocycles. The van der Waals surface area contributed by atoms with E-state index in [0.29, 0.717) is 30.2 Å². The second-order valence-electron chi connectivity index (χ2n) is 5.62. The molecule has 0 atom stereocenters. The first-order valence-electron chi connectivity index (χ1n) is 8.49. The summed E-state index contributed by atoms with van der Waals surface area (Å²) >= 11 is 0. The molecule has 22 heavy (non-hydrogen) atoms. The van der Waals surface area contributed by atoms with Crippen molar-refractivity contribution in [1.82, 2.24) is 5.32 Å². The Kier molecular flexibility index (Phi) is 9.12. The van der Waals surface area contributed by atoms with Gasteiger partial charge >= 0.3 is 0 Å². The number of nitrogens with one attached hydrogen (secondary N) is 1. The number of nitrogen functional groups attached to an aromatic ring is 1. The van der Waals surface area contributed by atoms with Gasteiger partial charge in [-0.25, -0.2) is 0 Å². The standard InChI is InChI=1S/C18H30N2O2/c1-3-5-7-9-13-22-17-11-10-15(14-16(17)19)18(21)20-12-8-6-4-2/h10-11,14H,3-9,12-13,19H2,1-2H3,(H,20,21). The lowest BCUT2D eigenvalue weighted by molar-refractivity contribution is 0.0953. The van der Waals surface area contributed by atoms with Crippen molar-refractivity contribution in [3.05, 3.63) is 23.8 Å². The van der Waals surface area contributed by atoms with Crippen molar-refractivity contribution < 1.29 is 9.53 Å². The molecule has 0 radical (unpaired) electrons. The number of hydrogen-bond acceptors (Lipinski definition) is 3. The minimum atomic E-state index is -0.0719. The van der Waals surface area contributed by atoms with E-state index < -0.39 is 0 Å². The molecule has 1 aromatic rings. The van der Waals surface area contributed by atoms with E-state index in [0.717, 1.165) is 25.7 Å². The SMILES string of the molecule is CCCCCCOc1ccc(C(=O)NCCCCC)cc1N. The van der Waals surface area contributed by atoms with Crippen LogP contribution in [0.2, 0.25) is 0 Å². The fourth-order valence-corrected chi connectivity index (χ4v) is 2.21. The van der Waals surface area contributed by atoms with Crippen LogP contribution in [0.4, 0.5) is 5.69 Å². The van der Waals surface area contributed by atoms with Crippen molar-refractivity contribution in [3.63, 3.8) is 0 Å². The van der Waals surface area contributed by atoms with Crippen LogP contribution in [0.25, 0.3) is 0 Å². The molecule has 0 heterocycles. The fourth-order valence-electron chi connectivity index (χ4n) is 2.21. The molecule has 0 unspecified atom stereocenters. The number of benzene rings is 1. The molecule has 0 aliphatic heterocycles. The average Bonchev–Trinajstić information content (AvgIpc) is 2.52. The number of carbonyl (C=O) groups excluding carboxylic acids is 1. The van der Waals surface area contributed by atoms with Gasteiger partial charge in [0.1, 0.15) is 5.75 Å². The zero-order chi connectivity index (χ0) is 16.2. The average molecular weight is 306 g/mol. The van der Waals surface area contributed by atoms with Gasteiger partial charge in [-0.05, 0) is 31.0 Å². The number of ether oxygens (including phenoxy) is 1. The summed E-state index contributed by atoms with van der Waals surface area (Å²) in [6.07, 6.45) is 7.94. The maximum atomic E-state index is 12.0. The van der Waals surface area contributed by atoms with Gasteiger partial charge < -0.3 is 15.8 Å². The van der Waals surface area contributed by atoms with Crippen LogP contribution in [0.15, 0.2) is 18.2 Å². The van der Waals surface area contributed by atoms with Crippen LogP contribution >= 0.6 is 0 Å². The molecule has 0 aliphatic rings. The Morgan fingerprint density at radius 2 is 1.82 bits per heavy atom. The zero-order valence-corrected chi connectivity index (χ0v) is 14.0. The molecule has 0 bridgehead atoms. The van der Waals surface area contributed by atoms with Gasteiger partial charge in [-0.3, -0.25) is 4.79 Å². The van der Waals surface area contributed by atoms with E-state index in [1.54, 1.807) is 18.2 Å². The predicted molar refractivity (Wildman–Crippen MR) is 92.3 cm³/mol. The third kappa shape index (κ3) is 6.83. The third-order valence-electron chi connectivity index (χ3n) is 3.59. The van der Waals surface area contributed by atoms with Crippen molar-refractivity contribution in [2.24, 2.45) is 0 Å². The molecular formula is C18H30N2O2. The summed E-state index contributed by atoms with van der Waals surface area (Å²) in [6, 6.07) is 5.25. The van der Waals surface area contributed by atoms with Crippen LogP contribution in [0.5, 0.6) is 5.75 Å². The van der Waals surface area contributed by atoms with Crippen molar-refractivity contribution in [3.8, 4) is 5.75 Å². The first-order valence-corrected chi connectivity index (χ1v) is 8.49. The van der Waals surface area contributed by atoms with Crippen LogP contribution in [0, 0.1) is 0 Å². The summed E-state index contributed by atoms with van der Waals surface area (Å²) in [7, 11) is 0. The summed E-state index contributed by atoms with van der Waals surface area (Å²) in [6.45, 7) is 5.71. The number of rotatable bonds is 11. The Bertz CT molecular complexity index is 447. The molecule has 3 N–H and O–H groups in total. The second kappa shape index (κ2) is 10.9. The van der Waals surface area contributed by atoms with Crippen molar-refractivity contribution in [1.29, 1.82) is 0 Å². The summed E-state index contributed by atoms with van der Waals surface area (Å²) in [5.74, 6) is 0.594. The van der Waals surface area contributed by atoms with Gasteiger partial charge in [0.15, 0.2) is 0 Å². The van der Waals surface area contributed by atoms with Gasteiger partial charge in [-0.1, -0.05) is 46.0 Å². The van der Waals surface area contributed by atoms with Crippen LogP contribution in [-0.2, 0) is 0 Å². The lowest BCUT2D eigenvalue weighted by Crippen LogP contribution is -2.24. The molecule has 124 valence electrons. The first-order chi connectivity index (χ1) is 10.7. The van der Waals surface area contributed by atoms with E-state index in [-0.39, 0.29) is 5.91 Å². The molecule has 1 aromatic carbocycles. The summed E-state index contributed by atoms with van der Waals surface area (Å²) in [5.41, 5.74) is 7.09. The van der Waals surface area contributed by atoms with E-state index in [2.05, 4.69) is 19.2 Å². The van der Waals surface area contributed by atoms with E-state index >= 15 is 0 Å². The highest BCUT2D eigenvalue weighted by molar-refractivity contribution is 5.95. The van der Waals surface area contributed by atoms with Crippen molar-refractivity contribution in [2.75, 3.05) is 18.9 Å². The van der Waals surface area contributed by atoms with Gasteiger partial charge in [0, 0.05) is 12.1 Å². The third-order valence-corrected chi connectivity index (χ3v) is 3.59. The Balaban J connectivity index is 2.41. The van der Waals surface area contributed by atoms with Crippen molar-refractivity contribution in [2.45, 2.75) is 58.8 Å². The zero-order valence-electron chi connectivity index (χ0n) is 14.0. The molecule has 0 aromatic heterocycles. The predicted octanol–water partition coefficient (Wildman–Crippen LogP) is 4.15. The Morgan fingerprint density at radius 1 is 1.09 bits per heavy atom. The lowest BCUT2D eigenvalue weighted by atomic mass is 10.1. The molecule has 4 heteroatoms. The maximum Gasteiger partial charge on any atom is 0.251 e. The lowest BCUT2D eigenvalue weighted by Gasteiger charge is -2.10. The first kappa shape index (κ1) is 18.3. The van der Waals surface area contributed by atoms with Crippen LogP contribution in [-0.4, -0.2) is 19.1 Å². The van der Waals surface area contributed by atoms with Gasteiger partial charge in [-0.15, -0.1) is 0 Å². The highest BCUT2D eigenvalue weighted by Crippen LogP contribution is 2.23. The summed E-state index contributed by atoms with van der Waals surface area (Å²) in [4.78, 5) is 12.0. The summed E-state index contributed by atoms with van der Waals surface area (Å²) in [5, 5.41) is 2.91. The molecule has 0 spiro atoms. The quantitative estimate of drug-likeness (QED) is 0.477. The number of amides is 1. The Morgan fingerprint density at radius 3 is 2.50 bits per heavy atom. The van der Waals surface area contributed by atoms with E-state index in [4.69, 9.17) is 10.5 Å². The number of anilines is 1. The maximum absolute atomic E-state index is 12.0. The number of nitrogens with two attached hydrogens (primary N) is 1. The van der Waals surface area contributed by atoms with Gasteiger partial charge in [0.2, 0.25) is 0 Å². The van der Waals surface area contributed by atoms with Crippen LogP contribution in [0.3, 0.4) is 0 Å². The minimum absolute atomic E-state index is 0.0719. The van der Waals surface area contributed by atoms with Gasteiger partial charge in [0.25, 0.3) is 5.91 Å². The Labute approximate surface area is 134 Å². The van der Waals surface area contributed by atoms with Crippen LogP contribution in [0.1, 0.15) is 69.2 Å². The largest absolute Gasteiger partial charge is 0.491 e. The van der Waals surface area contributed by atoms with E-state index in [1.165, 1.54) is 19.3 Å². The Hall–Kier alpha value is -1.71. The van der Waals surface area contributed by atoms with Crippen LogP contribution < -0.4 is 15.8 Å². The molecule has 0 saturated carbocycles. The van der Waals surface area contributed by atoms with E-state index in [9.17, 15) is 4.79 Å². The number of unbranched alkanes of at least 4 members (excludes halogenated alkanes) is 5. The molecule has 4 nitrogen and oxygen atoms in total. The smallest absolute Gasteiger partial charge is 0.251 e. The monoisotopic (exact) mass is 306 g/mol. The summed E-state index contributed by atoms with van der Waals surface area (Å²) < 4.78 is 5.67. The van der Waals surface area contributed by atoms with Crippen molar-refractivity contribution >= 4 is 11.6 Å². The minimum Gasteiger partial charge on any atom is -0.491 e. The van der Waals surface area contributed by atoms with Gasteiger partial charge in [0.05, 0.1) is 12.3 Å². The number of carbonyl (C=O) groups is 1.